The first kappa shape index (κ1) is 32.0. The van der Waals surface area contributed by atoms with E-state index in [9.17, 15) is 13.2 Å². The fourth-order valence-electron chi connectivity index (χ4n) is 6.01. The van der Waals surface area contributed by atoms with Gasteiger partial charge in [0.1, 0.15) is 12.4 Å². The van der Waals surface area contributed by atoms with Crippen LogP contribution in [0.25, 0.3) is 11.0 Å². The van der Waals surface area contributed by atoms with Crippen molar-refractivity contribution in [2.45, 2.75) is 38.8 Å². The number of hydrogen-bond acceptors (Lipinski definition) is 6. The van der Waals surface area contributed by atoms with Crippen LogP contribution in [0, 0.1) is 0 Å². The van der Waals surface area contributed by atoms with Crippen LogP contribution < -0.4 is 9.04 Å². The van der Waals surface area contributed by atoms with Crippen molar-refractivity contribution in [3.8, 4) is 5.75 Å². The highest BCUT2D eigenvalue weighted by molar-refractivity contribution is 9.10. The molecule has 9 heteroatoms. The number of carbonyl (C=O) groups excluding carboxylic acids is 1. The Kier molecular flexibility index (Phi) is 9.92. The highest BCUT2D eigenvalue weighted by Crippen LogP contribution is 2.36. The molecule has 4 aromatic carbocycles. The molecule has 6 rings (SSSR count). The molecule has 0 bridgehead atoms. The molecule has 1 aliphatic rings. The highest BCUT2D eigenvalue weighted by atomic mass is 79.9. The monoisotopic (exact) mass is 700 g/mol. The molecule has 1 heterocycles. The molecule has 0 spiro atoms. The number of furan rings is 1. The fraction of sp³-hybridized carbons (Fsp3) is 0.270. The second kappa shape index (κ2) is 14.2. The molecule has 1 aromatic heterocycles. The van der Waals surface area contributed by atoms with E-state index in [4.69, 9.17) is 9.15 Å². The average Bonchev–Trinajstić information content (AvgIpc) is 3.44. The van der Waals surface area contributed by atoms with E-state index < -0.39 is 10.0 Å². The van der Waals surface area contributed by atoms with Gasteiger partial charge < -0.3 is 9.15 Å². The number of sulfonamides is 1. The Labute approximate surface area is 279 Å². The van der Waals surface area contributed by atoms with Crippen molar-refractivity contribution in [3.63, 3.8) is 0 Å². The van der Waals surface area contributed by atoms with Crippen LogP contribution in [0.5, 0.6) is 5.75 Å². The van der Waals surface area contributed by atoms with E-state index >= 15 is 0 Å². The molecule has 0 N–H and O–H groups in total. The number of ketones is 1. The van der Waals surface area contributed by atoms with Crippen molar-refractivity contribution in [2.75, 3.05) is 30.3 Å². The van der Waals surface area contributed by atoms with E-state index in [0.717, 1.165) is 52.9 Å². The maximum Gasteiger partial charge on any atom is 0.232 e. The molecule has 1 aliphatic carbocycles. The largest absolute Gasteiger partial charge is 0.488 e. The maximum atomic E-state index is 13.8. The smallest absolute Gasteiger partial charge is 0.232 e. The summed E-state index contributed by atoms with van der Waals surface area (Å²) in [5, 5.41) is 1.13. The molecule has 0 saturated heterocycles. The standard InChI is InChI=1S/C37H37BrN2O5S/c1-46(42,43)40(25-28-13-6-3-7-14-28)33-23-29(19-20-32(33)38)34(41)26-39(24-27-11-4-2-5-12-27)21-22-44-36-18-10-16-31-30-15-8-9-17-35(30)45-37(31)36/h2-7,10-14,16,18-20,23H,8-9,15,17,21-22,24-26H2,1H3. The third-order valence-corrected chi connectivity index (χ3v) is 10.1. The number of benzene rings is 4. The van der Waals surface area contributed by atoms with Gasteiger partial charge in [-0.1, -0.05) is 78.9 Å². The fourth-order valence-corrected chi connectivity index (χ4v) is 7.48. The van der Waals surface area contributed by atoms with Gasteiger partial charge in [0.25, 0.3) is 0 Å². The van der Waals surface area contributed by atoms with Crippen LogP contribution >= 0.6 is 15.9 Å². The van der Waals surface area contributed by atoms with Crippen molar-refractivity contribution in [1.82, 2.24) is 4.90 Å². The number of ether oxygens (including phenoxy) is 1. The topological polar surface area (TPSA) is 80.1 Å². The lowest BCUT2D eigenvalue weighted by Gasteiger charge is -2.25. The van der Waals surface area contributed by atoms with E-state index in [0.29, 0.717) is 35.4 Å². The van der Waals surface area contributed by atoms with Crippen LogP contribution in [0.1, 0.15) is 45.7 Å². The Hall–Kier alpha value is -3.92. The van der Waals surface area contributed by atoms with E-state index in [2.05, 4.69) is 26.9 Å². The Morgan fingerprint density at radius 2 is 1.57 bits per heavy atom. The average molecular weight is 702 g/mol. The highest BCUT2D eigenvalue weighted by Gasteiger charge is 2.23. The predicted octanol–water partition coefficient (Wildman–Crippen LogP) is 7.80. The Morgan fingerprint density at radius 1 is 0.870 bits per heavy atom. The SMILES string of the molecule is CS(=O)(=O)N(Cc1ccccc1)c1cc(C(=O)CN(CCOc2cccc3c4c(oc23)CCCC4)Cc2ccccc2)ccc1Br. The van der Waals surface area contributed by atoms with Gasteiger partial charge in [-0.25, -0.2) is 8.42 Å². The van der Waals surface area contributed by atoms with Crippen LogP contribution in [0.4, 0.5) is 5.69 Å². The van der Waals surface area contributed by atoms with Gasteiger partial charge in [0, 0.05) is 40.5 Å². The van der Waals surface area contributed by atoms with Crippen molar-refractivity contribution < 1.29 is 22.4 Å². The molecule has 0 aliphatic heterocycles. The first-order valence-corrected chi connectivity index (χ1v) is 18.2. The van der Waals surface area contributed by atoms with E-state index in [1.165, 1.54) is 22.5 Å². The van der Waals surface area contributed by atoms with Crippen LogP contribution in [0.3, 0.4) is 0 Å². The Balaban J connectivity index is 1.20. The molecule has 5 aromatic rings. The number of fused-ring (bicyclic) bond motifs is 3. The molecule has 0 fully saturated rings. The minimum Gasteiger partial charge on any atom is -0.488 e. The summed E-state index contributed by atoms with van der Waals surface area (Å²) in [5.74, 6) is 1.68. The molecule has 46 heavy (non-hydrogen) atoms. The van der Waals surface area contributed by atoms with Crippen LogP contribution in [-0.4, -0.2) is 45.1 Å². The van der Waals surface area contributed by atoms with Crippen molar-refractivity contribution in [1.29, 1.82) is 0 Å². The number of Topliss-reactive ketones (excluding diaryl/α,β-unsaturated/α-hetero) is 1. The van der Waals surface area contributed by atoms with Crippen molar-refractivity contribution in [2.24, 2.45) is 0 Å². The number of aryl methyl sites for hydroxylation is 2. The predicted molar refractivity (Wildman–Crippen MR) is 186 cm³/mol. The molecular weight excluding hydrogens is 664 g/mol. The number of hydrogen-bond donors (Lipinski definition) is 0. The number of rotatable bonds is 13. The molecule has 0 radical (unpaired) electrons. The molecule has 0 saturated carbocycles. The molecular formula is C37H37BrN2O5S. The molecule has 0 unspecified atom stereocenters. The number of nitrogens with zero attached hydrogens (tertiary/aromatic N) is 2. The minimum atomic E-state index is -3.64. The lowest BCUT2D eigenvalue weighted by molar-refractivity contribution is 0.0912. The number of anilines is 1. The van der Waals surface area contributed by atoms with Gasteiger partial charge in [0.15, 0.2) is 17.1 Å². The van der Waals surface area contributed by atoms with Gasteiger partial charge in [0.05, 0.1) is 25.0 Å². The zero-order chi connectivity index (χ0) is 32.1. The van der Waals surface area contributed by atoms with Gasteiger partial charge in [-0.3, -0.25) is 14.0 Å². The van der Waals surface area contributed by atoms with E-state index in [1.807, 2.05) is 72.8 Å². The second-order valence-corrected chi connectivity index (χ2v) is 14.5. The van der Waals surface area contributed by atoms with Crippen molar-refractivity contribution >= 4 is 48.4 Å². The molecule has 238 valence electrons. The van der Waals surface area contributed by atoms with E-state index in [-0.39, 0.29) is 18.9 Å². The summed E-state index contributed by atoms with van der Waals surface area (Å²) >= 11 is 3.52. The molecule has 7 nitrogen and oxygen atoms in total. The van der Waals surface area contributed by atoms with E-state index in [1.54, 1.807) is 18.2 Å². The Morgan fingerprint density at radius 3 is 2.28 bits per heavy atom. The summed E-state index contributed by atoms with van der Waals surface area (Å²) in [6.45, 7) is 1.72. The van der Waals surface area contributed by atoms with Gasteiger partial charge in [0.2, 0.25) is 10.0 Å². The third-order valence-electron chi connectivity index (χ3n) is 8.33. The Bertz CT molecular complexity index is 1930. The van der Waals surface area contributed by atoms with Gasteiger partial charge in [-0.05, 0) is 64.5 Å². The minimum absolute atomic E-state index is 0.112. The lowest BCUT2D eigenvalue weighted by Crippen LogP contribution is -2.33. The van der Waals surface area contributed by atoms with Crippen LogP contribution in [-0.2, 0) is 36.0 Å². The number of para-hydroxylation sites is 1. The number of carbonyl (C=O) groups is 1. The summed E-state index contributed by atoms with van der Waals surface area (Å²) in [6, 6.07) is 30.6. The van der Waals surface area contributed by atoms with Crippen LogP contribution in [0.15, 0.2) is 106 Å². The third kappa shape index (κ3) is 7.54. The van der Waals surface area contributed by atoms with Crippen molar-refractivity contribution in [3.05, 3.63) is 130 Å². The maximum absolute atomic E-state index is 13.8. The summed E-state index contributed by atoms with van der Waals surface area (Å²) in [4.78, 5) is 15.8. The van der Waals surface area contributed by atoms with Crippen LogP contribution in [0.2, 0.25) is 0 Å². The number of halogens is 1. The zero-order valence-electron chi connectivity index (χ0n) is 25.8. The second-order valence-electron chi connectivity index (χ2n) is 11.7. The summed E-state index contributed by atoms with van der Waals surface area (Å²) in [6.07, 6.45) is 5.49. The van der Waals surface area contributed by atoms with Gasteiger partial charge >= 0.3 is 0 Å². The summed E-state index contributed by atoms with van der Waals surface area (Å²) < 4.78 is 40.3. The molecule has 0 amide bonds. The summed E-state index contributed by atoms with van der Waals surface area (Å²) in [7, 11) is -3.64. The first-order valence-electron chi connectivity index (χ1n) is 15.5. The quantitative estimate of drug-likeness (QED) is 0.117. The lowest BCUT2D eigenvalue weighted by atomic mass is 9.96. The molecule has 0 atom stereocenters. The van der Waals surface area contributed by atoms with Gasteiger partial charge in [-0.2, -0.15) is 0 Å². The van der Waals surface area contributed by atoms with Gasteiger partial charge in [-0.15, -0.1) is 0 Å². The normalized spacial score (nSPS) is 13.1. The first-order chi connectivity index (χ1) is 22.3. The zero-order valence-corrected chi connectivity index (χ0v) is 28.2. The summed E-state index contributed by atoms with van der Waals surface area (Å²) in [5.41, 5.74) is 4.88.